The number of pyridine rings is 3. The summed E-state index contributed by atoms with van der Waals surface area (Å²) in [5.41, 5.74) is 2.00. The van der Waals surface area contributed by atoms with Gasteiger partial charge in [0.05, 0.1) is 11.7 Å². The smallest absolute Gasteiger partial charge is 0.187 e. The molecule has 0 spiro atoms. The van der Waals surface area contributed by atoms with Crippen LogP contribution in [0.4, 0.5) is 11.6 Å². The number of piperidine rings is 1. The number of hydrogen-bond acceptors (Lipinski definition) is 8. The van der Waals surface area contributed by atoms with E-state index in [2.05, 4.69) is 52.2 Å². The average molecular weight is 501 g/mol. The molecule has 0 amide bonds. The lowest BCUT2D eigenvalue weighted by atomic mass is 9.96. The van der Waals surface area contributed by atoms with Gasteiger partial charge in [0.25, 0.3) is 0 Å². The van der Waals surface area contributed by atoms with E-state index in [-0.39, 0.29) is 0 Å². The predicted octanol–water partition coefficient (Wildman–Crippen LogP) is 4.95. The monoisotopic (exact) mass is 500 g/mol. The van der Waals surface area contributed by atoms with Gasteiger partial charge >= 0.3 is 0 Å². The van der Waals surface area contributed by atoms with Gasteiger partial charge in [0, 0.05) is 73.2 Å². The predicted molar refractivity (Wildman–Crippen MR) is 147 cm³/mol. The molecule has 0 unspecified atom stereocenters. The summed E-state index contributed by atoms with van der Waals surface area (Å²) in [6.07, 6.45) is 9.71. The number of nitrogens with one attached hydrogen (secondary N) is 1. The van der Waals surface area contributed by atoms with Crippen molar-refractivity contribution in [1.29, 1.82) is 0 Å². The zero-order valence-electron chi connectivity index (χ0n) is 21.8. The van der Waals surface area contributed by atoms with Gasteiger partial charge in [-0.15, -0.1) is 0 Å². The van der Waals surface area contributed by atoms with Crippen molar-refractivity contribution in [2.24, 2.45) is 16.8 Å². The van der Waals surface area contributed by atoms with Crippen molar-refractivity contribution in [3.8, 4) is 11.3 Å². The maximum absolute atomic E-state index is 6.01. The standard InChI is InChI=1S/C29H36N6O2/c1-19(2)26-18-37-29(34-26)20-5-11-35(12-6-20)28-24-4-9-30-17-22(24)15-25(33-28)21-3-10-31-27(16-21)32-23-7-13-36-14-8-23/h3-4,9-10,15-17,19-20,23,26H,5-8,11-14,18H2,1-2H3,(H,31,32)/t26-/m1/s1. The first-order valence-electron chi connectivity index (χ1n) is 13.6. The molecule has 0 saturated carbocycles. The van der Waals surface area contributed by atoms with Crippen LogP contribution in [-0.2, 0) is 9.47 Å². The summed E-state index contributed by atoms with van der Waals surface area (Å²) in [6, 6.07) is 9.06. The Hall–Kier alpha value is -3.26. The number of hydrogen-bond donors (Lipinski definition) is 1. The van der Waals surface area contributed by atoms with Gasteiger partial charge < -0.3 is 19.7 Å². The molecule has 3 aromatic heterocycles. The maximum atomic E-state index is 6.01. The molecule has 0 radical (unpaired) electrons. The summed E-state index contributed by atoms with van der Waals surface area (Å²) in [6.45, 7) is 8.62. The summed E-state index contributed by atoms with van der Waals surface area (Å²) >= 11 is 0. The molecule has 1 atom stereocenters. The summed E-state index contributed by atoms with van der Waals surface area (Å²) in [4.78, 5) is 21.5. The number of fused-ring (bicyclic) bond motifs is 1. The number of aromatic nitrogens is 3. The van der Waals surface area contributed by atoms with E-state index in [4.69, 9.17) is 19.5 Å². The molecule has 194 valence electrons. The van der Waals surface area contributed by atoms with Crippen LogP contribution in [0.3, 0.4) is 0 Å². The number of nitrogens with zero attached hydrogens (tertiary/aromatic N) is 5. The highest BCUT2D eigenvalue weighted by Gasteiger charge is 2.31. The van der Waals surface area contributed by atoms with E-state index in [1.807, 2.05) is 24.7 Å². The Morgan fingerprint density at radius 1 is 1.03 bits per heavy atom. The van der Waals surface area contributed by atoms with Crippen molar-refractivity contribution in [2.45, 2.75) is 51.6 Å². The first-order chi connectivity index (χ1) is 18.1. The van der Waals surface area contributed by atoms with Crippen molar-refractivity contribution in [3.63, 3.8) is 0 Å². The minimum absolute atomic E-state index is 0.300. The Balaban J connectivity index is 1.24. The Kier molecular flexibility index (Phi) is 6.91. The fourth-order valence-corrected chi connectivity index (χ4v) is 5.50. The van der Waals surface area contributed by atoms with Crippen LogP contribution in [0.2, 0.25) is 0 Å². The Morgan fingerprint density at radius 3 is 2.65 bits per heavy atom. The molecule has 3 aliphatic heterocycles. The van der Waals surface area contributed by atoms with Gasteiger partial charge in [-0.1, -0.05) is 13.8 Å². The molecule has 0 bridgehead atoms. The highest BCUT2D eigenvalue weighted by molar-refractivity contribution is 5.94. The highest BCUT2D eigenvalue weighted by Crippen LogP contribution is 2.33. The van der Waals surface area contributed by atoms with Gasteiger partial charge in [0.15, 0.2) is 5.90 Å². The van der Waals surface area contributed by atoms with Crippen LogP contribution in [0.15, 0.2) is 47.8 Å². The lowest BCUT2D eigenvalue weighted by Crippen LogP contribution is -2.37. The van der Waals surface area contributed by atoms with Crippen molar-refractivity contribution in [1.82, 2.24) is 15.0 Å². The maximum Gasteiger partial charge on any atom is 0.187 e. The number of anilines is 2. The van der Waals surface area contributed by atoms with Crippen molar-refractivity contribution >= 4 is 28.3 Å². The van der Waals surface area contributed by atoms with E-state index >= 15 is 0 Å². The van der Waals surface area contributed by atoms with E-state index in [1.54, 1.807) is 0 Å². The van der Waals surface area contributed by atoms with Crippen LogP contribution in [-0.4, -0.2) is 65.8 Å². The van der Waals surface area contributed by atoms with Gasteiger partial charge in [0.2, 0.25) is 0 Å². The molecule has 3 aromatic rings. The highest BCUT2D eigenvalue weighted by atomic mass is 16.5. The van der Waals surface area contributed by atoms with Gasteiger partial charge in [-0.2, -0.15) is 0 Å². The average Bonchev–Trinajstić information content (AvgIpc) is 3.44. The van der Waals surface area contributed by atoms with Crippen LogP contribution in [0.5, 0.6) is 0 Å². The summed E-state index contributed by atoms with van der Waals surface area (Å²) in [5, 5.41) is 5.82. The summed E-state index contributed by atoms with van der Waals surface area (Å²) in [5.74, 6) is 3.80. The minimum Gasteiger partial charge on any atom is -0.478 e. The number of ether oxygens (including phenoxy) is 2. The van der Waals surface area contributed by atoms with Crippen molar-refractivity contribution in [3.05, 3.63) is 42.9 Å². The Morgan fingerprint density at radius 2 is 1.86 bits per heavy atom. The van der Waals surface area contributed by atoms with E-state index in [1.165, 1.54) is 0 Å². The van der Waals surface area contributed by atoms with Gasteiger partial charge in [-0.25, -0.2) is 15.0 Å². The number of rotatable bonds is 6. The molecule has 1 N–H and O–H groups in total. The second-order valence-electron chi connectivity index (χ2n) is 10.7. The van der Waals surface area contributed by atoms with Crippen LogP contribution < -0.4 is 10.2 Å². The fourth-order valence-electron chi connectivity index (χ4n) is 5.50. The van der Waals surface area contributed by atoms with E-state index in [9.17, 15) is 0 Å². The number of aliphatic imine (C=N–C) groups is 1. The van der Waals surface area contributed by atoms with Gasteiger partial charge in [-0.3, -0.25) is 4.98 Å². The minimum atomic E-state index is 0.300. The zero-order chi connectivity index (χ0) is 25.2. The SMILES string of the molecule is CC(C)[C@H]1COC(C2CCN(c3nc(-c4ccnc(NC5CCOCC5)c4)cc4cnccc34)CC2)=N1. The normalized spacial score (nSPS) is 21.3. The van der Waals surface area contributed by atoms with Crippen LogP contribution in [0.25, 0.3) is 22.0 Å². The van der Waals surface area contributed by atoms with Crippen molar-refractivity contribution < 1.29 is 9.47 Å². The lowest BCUT2D eigenvalue weighted by molar-refractivity contribution is 0.0904. The molecule has 6 rings (SSSR count). The summed E-state index contributed by atoms with van der Waals surface area (Å²) in [7, 11) is 0. The molecule has 6 heterocycles. The zero-order valence-corrected chi connectivity index (χ0v) is 21.8. The van der Waals surface area contributed by atoms with E-state index < -0.39 is 0 Å². The second kappa shape index (κ2) is 10.6. The third-order valence-electron chi connectivity index (χ3n) is 7.85. The van der Waals surface area contributed by atoms with Crippen LogP contribution >= 0.6 is 0 Å². The van der Waals surface area contributed by atoms with Gasteiger partial charge in [0.1, 0.15) is 18.2 Å². The molecule has 2 saturated heterocycles. The summed E-state index contributed by atoms with van der Waals surface area (Å²) < 4.78 is 11.5. The largest absolute Gasteiger partial charge is 0.478 e. The molecule has 0 aliphatic carbocycles. The topological polar surface area (TPSA) is 84.8 Å². The Bertz CT molecular complexity index is 1260. The van der Waals surface area contributed by atoms with E-state index in [0.29, 0.717) is 23.9 Å². The fraction of sp³-hybridized carbons (Fsp3) is 0.517. The molecule has 3 aliphatic rings. The molecule has 2 fully saturated rings. The third kappa shape index (κ3) is 5.25. The second-order valence-corrected chi connectivity index (χ2v) is 10.7. The van der Waals surface area contributed by atoms with Crippen molar-refractivity contribution in [2.75, 3.05) is 43.1 Å². The molecule has 37 heavy (non-hydrogen) atoms. The quantitative estimate of drug-likeness (QED) is 0.512. The molecule has 8 nitrogen and oxygen atoms in total. The lowest BCUT2D eigenvalue weighted by Gasteiger charge is -2.33. The third-order valence-corrected chi connectivity index (χ3v) is 7.85. The Labute approximate surface area is 218 Å². The molecule has 0 aromatic carbocycles. The molecule has 8 heteroatoms. The van der Waals surface area contributed by atoms with E-state index in [0.717, 1.165) is 98.2 Å². The van der Waals surface area contributed by atoms with Crippen LogP contribution in [0.1, 0.15) is 39.5 Å². The first-order valence-corrected chi connectivity index (χ1v) is 13.6. The van der Waals surface area contributed by atoms with Crippen LogP contribution in [0, 0.1) is 11.8 Å². The van der Waals surface area contributed by atoms with Gasteiger partial charge in [-0.05, 0) is 55.9 Å². The molecular formula is C29H36N6O2. The first kappa shape index (κ1) is 24.1. The molecular weight excluding hydrogens is 464 g/mol.